The van der Waals surface area contributed by atoms with E-state index in [4.69, 9.17) is 8.83 Å². The monoisotopic (exact) mass is 392 g/mol. The van der Waals surface area contributed by atoms with Crippen molar-refractivity contribution in [1.82, 2.24) is 25.8 Å². The predicted molar refractivity (Wildman–Crippen MR) is 112 cm³/mol. The number of rotatable bonds is 7. The molecule has 8 nitrogen and oxygen atoms in total. The Morgan fingerprint density at radius 2 is 2.07 bits per heavy atom. The molecule has 0 aliphatic carbocycles. The number of fused-ring (bicyclic) bond motifs is 1. The minimum atomic E-state index is 0.473. The third-order valence-corrected chi connectivity index (χ3v) is 4.60. The molecule has 8 heteroatoms. The normalized spacial score (nSPS) is 11.9. The average molecular weight is 392 g/mol. The molecule has 29 heavy (non-hydrogen) atoms. The van der Waals surface area contributed by atoms with Gasteiger partial charge >= 0.3 is 0 Å². The fourth-order valence-corrected chi connectivity index (χ4v) is 3.09. The Labute approximate surface area is 168 Å². The largest absolute Gasteiger partial charge is 0.461 e. The molecule has 0 aliphatic heterocycles. The molecule has 0 amide bonds. The first-order valence-electron chi connectivity index (χ1n) is 9.69. The van der Waals surface area contributed by atoms with E-state index in [2.05, 4.69) is 43.8 Å². The number of aromatic amines is 1. The molecular weight excluding hydrogens is 368 g/mol. The number of H-pyrrole nitrogens is 1. The number of furan rings is 2. The average Bonchev–Trinajstić information content (AvgIpc) is 3.47. The lowest BCUT2D eigenvalue weighted by Gasteiger charge is -2.10. The molecule has 0 saturated heterocycles. The van der Waals surface area contributed by atoms with E-state index in [1.165, 1.54) is 0 Å². The molecule has 4 aromatic rings. The summed E-state index contributed by atoms with van der Waals surface area (Å²) in [6.07, 6.45) is 2.29. The van der Waals surface area contributed by atoms with Crippen LogP contribution in [0.5, 0.6) is 0 Å². The van der Waals surface area contributed by atoms with Gasteiger partial charge in [-0.1, -0.05) is 18.2 Å². The number of benzene rings is 1. The van der Waals surface area contributed by atoms with Crippen molar-refractivity contribution in [3.63, 3.8) is 0 Å². The minimum absolute atomic E-state index is 0.473. The predicted octanol–water partition coefficient (Wildman–Crippen LogP) is 3.42. The summed E-state index contributed by atoms with van der Waals surface area (Å²) < 4.78 is 11.3. The Bertz CT molecular complexity index is 1090. The van der Waals surface area contributed by atoms with Gasteiger partial charge in [0.15, 0.2) is 11.7 Å². The summed E-state index contributed by atoms with van der Waals surface area (Å²) >= 11 is 0. The first kappa shape index (κ1) is 18.8. The van der Waals surface area contributed by atoms with Gasteiger partial charge in [0.1, 0.15) is 23.7 Å². The summed E-state index contributed by atoms with van der Waals surface area (Å²) in [6.45, 7) is 6.02. The number of aliphatic imine (C=N–C) groups is 1. The molecule has 0 atom stereocenters. The van der Waals surface area contributed by atoms with Crippen LogP contribution in [0, 0.1) is 6.92 Å². The number of aromatic nitrogens is 3. The van der Waals surface area contributed by atoms with Crippen LogP contribution >= 0.6 is 0 Å². The van der Waals surface area contributed by atoms with Gasteiger partial charge in [-0.15, -0.1) is 0 Å². The summed E-state index contributed by atoms with van der Waals surface area (Å²) in [6, 6.07) is 11.7. The molecule has 0 aliphatic rings. The van der Waals surface area contributed by atoms with Gasteiger partial charge in [-0.05, 0) is 32.0 Å². The van der Waals surface area contributed by atoms with Gasteiger partial charge in [0.25, 0.3) is 0 Å². The van der Waals surface area contributed by atoms with E-state index < -0.39 is 0 Å². The van der Waals surface area contributed by atoms with Crippen LogP contribution in [0.25, 0.3) is 22.6 Å². The highest BCUT2D eigenvalue weighted by atomic mass is 16.3. The molecule has 0 bridgehead atoms. The van der Waals surface area contributed by atoms with E-state index >= 15 is 0 Å². The number of nitrogens with one attached hydrogen (secondary N) is 3. The van der Waals surface area contributed by atoms with Crippen molar-refractivity contribution in [2.45, 2.75) is 26.8 Å². The fourth-order valence-electron chi connectivity index (χ4n) is 3.09. The standard InChI is InChI=1S/C21H24N6O2/c1-3-22-21(24-13-18-14(2)15-7-4-5-8-16(15)29-18)23-11-10-19-25-20(27-26-19)17-9-6-12-28-17/h4-9,12H,3,10-11,13H2,1-2H3,(H2,22,23,24)(H,25,26,27). The minimum Gasteiger partial charge on any atom is -0.461 e. The smallest absolute Gasteiger partial charge is 0.216 e. The Morgan fingerprint density at radius 3 is 2.86 bits per heavy atom. The van der Waals surface area contributed by atoms with Crippen LogP contribution in [0.4, 0.5) is 0 Å². The van der Waals surface area contributed by atoms with Crippen LogP contribution in [0.2, 0.25) is 0 Å². The fraction of sp³-hybridized carbons (Fsp3) is 0.286. The highest BCUT2D eigenvalue weighted by Crippen LogP contribution is 2.25. The van der Waals surface area contributed by atoms with Gasteiger partial charge < -0.3 is 19.5 Å². The Kier molecular flexibility index (Phi) is 5.60. The lowest BCUT2D eigenvalue weighted by Crippen LogP contribution is -2.38. The summed E-state index contributed by atoms with van der Waals surface area (Å²) in [4.78, 5) is 9.11. The zero-order valence-corrected chi connectivity index (χ0v) is 16.5. The summed E-state index contributed by atoms with van der Waals surface area (Å²) in [5, 5.41) is 14.8. The lowest BCUT2D eigenvalue weighted by molar-refractivity contribution is 0.548. The van der Waals surface area contributed by atoms with E-state index in [1.807, 2.05) is 37.3 Å². The van der Waals surface area contributed by atoms with E-state index in [9.17, 15) is 0 Å². The van der Waals surface area contributed by atoms with Gasteiger partial charge in [0, 0.05) is 30.5 Å². The molecular formula is C21H24N6O2. The van der Waals surface area contributed by atoms with Crippen molar-refractivity contribution in [3.05, 3.63) is 59.8 Å². The van der Waals surface area contributed by atoms with Crippen LogP contribution in [0.1, 0.15) is 24.1 Å². The molecule has 1 aromatic carbocycles. The molecule has 3 aromatic heterocycles. The van der Waals surface area contributed by atoms with Crippen LogP contribution < -0.4 is 10.6 Å². The third-order valence-electron chi connectivity index (χ3n) is 4.60. The maximum absolute atomic E-state index is 5.94. The van der Waals surface area contributed by atoms with Crippen molar-refractivity contribution in [3.8, 4) is 11.6 Å². The zero-order chi connectivity index (χ0) is 20.1. The molecule has 0 fully saturated rings. The van der Waals surface area contributed by atoms with Gasteiger partial charge in [-0.25, -0.2) is 9.98 Å². The van der Waals surface area contributed by atoms with Gasteiger partial charge in [0.05, 0.1) is 6.26 Å². The summed E-state index contributed by atoms with van der Waals surface area (Å²) in [5.74, 6) is 3.61. The van der Waals surface area contributed by atoms with Crippen LogP contribution in [-0.4, -0.2) is 34.2 Å². The second-order valence-corrected chi connectivity index (χ2v) is 6.60. The number of hydrogen-bond acceptors (Lipinski definition) is 5. The molecule has 3 heterocycles. The number of hydrogen-bond donors (Lipinski definition) is 3. The maximum atomic E-state index is 5.94. The summed E-state index contributed by atoms with van der Waals surface area (Å²) in [7, 11) is 0. The molecule has 0 radical (unpaired) electrons. The van der Waals surface area contributed by atoms with Gasteiger partial charge in [-0.3, -0.25) is 5.10 Å². The highest BCUT2D eigenvalue weighted by Gasteiger charge is 2.10. The third kappa shape index (κ3) is 4.31. The first-order chi connectivity index (χ1) is 14.2. The first-order valence-corrected chi connectivity index (χ1v) is 9.69. The van der Waals surface area contributed by atoms with Crippen molar-refractivity contribution in [2.24, 2.45) is 4.99 Å². The maximum Gasteiger partial charge on any atom is 0.216 e. The Balaban J connectivity index is 1.36. The molecule has 150 valence electrons. The number of para-hydroxylation sites is 1. The molecule has 0 spiro atoms. The second-order valence-electron chi connectivity index (χ2n) is 6.60. The van der Waals surface area contributed by atoms with Crippen molar-refractivity contribution < 1.29 is 8.83 Å². The number of nitrogens with zero attached hydrogens (tertiary/aromatic N) is 3. The molecule has 4 rings (SSSR count). The van der Waals surface area contributed by atoms with Gasteiger partial charge in [-0.2, -0.15) is 5.10 Å². The highest BCUT2D eigenvalue weighted by molar-refractivity contribution is 5.82. The van der Waals surface area contributed by atoms with E-state index in [-0.39, 0.29) is 0 Å². The van der Waals surface area contributed by atoms with Crippen LogP contribution in [0.3, 0.4) is 0 Å². The van der Waals surface area contributed by atoms with Crippen molar-refractivity contribution >= 4 is 16.9 Å². The Morgan fingerprint density at radius 1 is 1.17 bits per heavy atom. The number of guanidine groups is 1. The summed E-state index contributed by atoms with van der Waals surface area (Å²) in [5.41, 5.74) is 2.03. The topological polar surface area (TPSA) is 104 Å². The SMILES string of the molecule is CCNC(=NCc1oc2ccccc2c1C)NCCc1nc(-c2ccco2)n[nH]1. The van der Waals surface area contributed by atoms with E-state index in [1.54, 1.807) is 6.26 Å². The van der Waals surface area contributed by atoms with Crippen molar-refractivity contribution in [2.75, 3.05) is 13.1 Å². The zero-order valence-electron chi connectivity index (χ0n) is 16.5. The van der Waals surface area contributed by atoms with Gasteiger partial charge in [0.2, 0.25) is 5.82 Å². The van der Waals surface area contributed by atoms with Crippen molar-refractivity contribution in [1.29, 1.82) is 0 Å². The van der Waals surface area contributed by atoms with E-state index in [0.717, 1.165) is 40.6 Å². The quantitative estimate of drug-likeness (QED) is 0.329. The molecule has 3 N–H and O–H groups in total. The number of aryl methyl sites for hydroxylation is 1. The van der Waals surface area contributed by atoms with E-state index in [0.29, 0.717) is 31.1 Å². The second kappa shape index (κ2) is 8.64. The Hall–Kier alpha value is -3.55. The van der Waals surface area contributed by atoms with Crippen LogP contribution in [-0.2, 0) is 13.0 Å². The molecule has 0 unspecified atom stereocenters. The lowest BCUT2D eigenvalue weighted by atomic mass is 10.1. The molecule has 0 saturated carbocycles. The van der Waals surface area contributed by atoms with Crippen LogP contribution in [0.15, 0.2) is 56.5 Å².